The van der Waals surface area contributed by atoms with Crippen LogP contribution in [0.1, 0.15) is 31.4 Å². The van der Waals surface area contributed by atoms with Crippen molar-refractivity contribution in [2.45, 2.75) is 42.9 Å². The standard InChI is InChI=1S/C12H20N2O4S/c1-13-19(16,17)11-5-4-10(18-11)8-14-12(9-15)6-2-3-7-12/h4-5,13-15H,2-3,6-9H2,1H3. The molecule has 1 saturated carbocycles. The first-order valence-electron chi connectivity index (χ1n) is 6.39. The molecule has 1 heterocycles. The van der Waals surface area contributed by atoms with E-state index in [9.17, 15) is 13.5 Å². The van der Waals surface area contributed by atoms with Crippen LogP contribution < -0.4 is 10.0 Å². The number of rotatable bonds is 6. The molecule has 0 radical (unpaired) electrons. The molecule has 2 rings (SSSR count). The van der Waals surface area contributed by atoms with Crippen LogP contribution in [-0.4, -0.2) is 32.7 Å². The minimum absolute atomic E-state index is 0.0868. The highest BCUT2D eigenvalue weighted by molar-refractivity contribution is 7.89. The third kappa shape index (κ3) is 3.17. The van der Waals surface area contributed by atoms with E-state index in [1.807, 2.05) is 0 Å². The number of hydrogen-bond acceptors (Lipinski definition) is 5. The minimum Gasteiger partial charge on any atom is -0.447 e. The van der Waals surface area contributed by atoms with Gasteiger partial charge in [-0.2, -0.15) is 0 Å². The first-order valence-corrected chi connectivity index (χ1v) is 7.88. The predicted molar refractivity (Wildman–Crippen MR) is 70.1 cm³/mol. The van der Waals surface area contributed by atoms with Gasteiger partial charge in [-0.05, 0) is 32.0 Å². The maximum Gasteiger partial charge on any atom is 0.273 e. The largest absolute Gasteiger partial charge is 0.447 e. The molecule has 1 aromatic heterocycles. The summed E-state index contributed by atoms with van der Waals surface area (Å²) in [5, 5.41) is 12.7. The average molecular weight is 288 g/mol. The summed E-state index contributed by atoms with van der Waals surface area (Å²) in [5.74, 6) is 0.550. The van der Waals surface area contributed by atoms with Gasteiger partial charge in [-0.3, -0.25) is 0 Å². The van der Waals surface area contributed by atoms with Crippen molar-refractivity contribution in [3.8, 4) is 0 Å². The van der Waals surface area contributed by atoms with Gasteiger partial charge in [0, 0.05) is 5.54 Å². The highest BCUT2D eigenvalue weighted by Crippen LogP contribution is 2.29. The van der Waals surface area contributed by atoms with Gasteiger partial charge in [0.2, 0.25) is 5.09 Å². The Balaban J connectivity index is 2.01. The zero-order valence-electron chi connectivity index (χ0n) is 11.0. The fourth-order valence-electron chi connectivity index (χ4n) is 2.42. The molecule has 0 aromatic carbocycles. The summed E-state index contributed by atoms with van der Waals surface area (Å²) in [4.78, 5) is 0. The second kappa shape index (κ2) is 5.62. The lowest BCUT2D eigenvalue weighted by atomic mass is 9.99. The summed E-state index contributed by atoms with van der Waals surface area (Å²) < 4.78 is 30.6. The van der Waals surface area contributed by atoms with Crippen molar-refractivity contribution in [3.63, 3.8) is 0 Å². The molecule has 0 amide bonds. The zero-order valence-corrected chi connectivity index (χ0v) is 11.8. The molecule has 0 aliphatic heterocycles. The zero-order chi connectivity index (χ0) is 13.9. The van der Waals surface area contributed by atoms with Crippen molar-refractivity contribution < 1.29 is 17.9 Å². The van der Waals surface area contributed by atoms with Crippen LogP contribution in [0.4, 0.5) is 0 Å². The highest BCUT2D eigenvalue weighted by Gasteiger charge is 2.32. The van der Waals surface area contributed by atoms with Gasteiger partial charge in [-0.25, -0.2) is 13.1 Å². The molecule has 1 fully saturated rings. The second-order valence-electron chi connectivity index (χ2n) is 4.93. The second-order valence-corrected chi connectivity index (χ2v) is 6.74. The number of aliphatic hydroxyl groups excluding tert-OH is 1. The Morgan fingerprint density at radius 1 is 1.37 bits per heavy atom. The molecule has 0 bridgehead atoms. The molecule has 0 saturated heterocycles. The van der Waals surface area contributed by atoms with Crippen LogP contribution in [0, 0.1) is 0 Å². The molecule has 19 heavy (non-hydrogen) atoms. The first kappa shape index (κ1) is 14.5. The van der Waals surface area contributed by atoms with Crippen molar-refractivity contribution in [1.82, 2.24) is 10.0 Å². The summed E-state index contributed by atoms with van der Waals surface area (Å²) in [5.41, 5.74) is -0.241. The van der Waals surface area contributed by atoms with Gasteiger partial charge in [0.15, 0.2) is 0 Å². The first-order chi connectivity index (χ1) is 9.01. The third-order valence-electron chi connectivity index (χ3n) is 3.67. The maximum absolute atomic E-state index is 11.5. The summed E-state index contributed by atoms with van der Waals surface area (Å²) in [6, 6.07) is 3.07. The average Bonchev–Trinajstić information content (AvgIpc) is 3.06. The van der Waals surface area contributed by atoms with Crippen molar-refractivity contribution in [3.05, 3.63) is 17.9 Å². The molecule has 0 unspecified atom stereocenters. The maximum atomic E-state index is 11.5. The number of furan rings is 1. The van der Waals surface area contributed by atoms with Gasteiger partial charge in [0.25, 0.3) is 10.0 Å². The number of hydrogen-bond donors (Lipinski definition) is 3. The van der Waals surface area contributed by atoms with E-state index in [4.69, 9.17) is 4.42 Å². The van der Waals surface area contributed by atoms with E-state index in [-0.39, 0.29) is 17.2 Å². The van der Waals surface area contributed by atoms with Crippen LogP contribution in [0.25, 0.3) is 0 Å². The van der Waals surface area contributed by atoms with E-state index in [1.165, 1.54) is 13.1 Å². The molecule has 1 aliphatic carbocycles. The lowest BCUT2D eigenvalue weighted by molar-refractivity contribution is 0.159. The van der Waals surface area contributed by atoms with Gasteiger partial charge in [-0.15, -0.1) is 0 Å². The van der Waals surface area contributed by atoms with Crippen molar-refractivity contribution in [2.24, 2.45) is 0 Å². The Morgan fingerprint density at radius 2 is 2.05 bits per heavy atom. The van der Waals surface area contributed by atoms with Crippen molar-refractivity contribution >= 4 is 10.0 Å². The van der Waals surface area contributed by atoms with E-state index >= 15 is 0 Å². The van der Waals surface area contributed by atoms with E-state index in [1.54, 1.807) is 6.07 Å². The molecule has 0 spiro atoms. The van der Waals surface area contributed by atoms with Gasteiger partial charge < -0.3 is 14.8 Å². The quantitative estimate of drug-likeness (QED) is 0.712. The predicted octanol–water partition coefficient (Wildman–Crippen LogP) is 0.582. The van der Waals surface area contributed by atoms with Gasteiger partial charge in [0.05, 0.1) is 13.2 Å². The SMILES string of the molecule is CNS(=O)(=O)c1ccc(CNC2(CO)CCCC2)o1. The normalized spacial score (nSPS) is 18.8. The van der Waals surface area contributed by atoms with Crippen molar-refractivity contribution in [2.75, 3.05) is 13.7 Å². The molecule has 1 aliphatic rings. The molecule has 0 atom stereocenters. The Bertz CT molecular complexity index is 518. The Morgan fingerprint density at radius 3 is 2.63 bits per heavy atom. The van der Waals surface area contributed by atoms with Crippen LogP contribution in [0.2, 0.25) is 0 Å². The van der Waals surface area contributed by atoms with Crippen LogP contribution in [0.15, 0.2) is 21.6 Å². The monoisotopic (exact) mass is 288 g/mol. The Labute approximate surface area is 113 Å². The van der Waals surface area contributed by atoms with Crippen LogP contribution in [-0.2, 0) is 16.6 Å². The van der Waals surface area contributed by atoms with Crippen LogP contribution in [0.5, 0.6) is 0 Å². The fraction of sp³-hybridized carbons (Fsp3) is 0.667. The minimum atomic E-state index is -3.53. The molecule has 6 nitrogen and oxygen atoms in total. The molecular formula is C12H20N2O4S. The van der Waals surface area contributed by atoms with Crippen LogP contribution >= 0.6 is 0 Å². The third-order valence-corrected chi connectivity index (χ3v) is 4.96. The van der Waals surface area contributed by atoms with E-state index in [0.29, 0.717) is 12.3 Å². The van der Waals surface area contributed by atoms with E-state index in [0.717, 1.165) is 25.7 Å². The fourth-order valence-corrected chi connectivity index (χ4v) is 3.08. The summed E-state index contributed by atoms with van der Waals surface area (Å²) in [6.07, 6.45) is 4.08. The Kier molecular flexibility index (Phi) is 4.29. The van der Waals surface area contributed by atoms with Gasteiger partial charge in [0.1, 0.15) is 5.76 Å². The molecule has 3 N–H and O–H groups in total. The van der Waals surface area contributed by atoms with E-state index in [2.05, 4.69) is 10.0 Å². The smallest absolute Gasteiger partial charge is 0.273 e. The van der Waals surface area contributed by atoms with Gasteiger partial charge in [-0.1, -0.05) is 12.8 Å². The lowest BCUT2D eigenvalue weighted by Crippen LogP contribution is -2.45. The topological polar surface area (TPSA) is 91.6 Å². The van der Waals surface area contributed by atoms with Crippen molar-refractivity contribution in [1.29, 1.82) is 0 Å². The Hall–Kier alpha value is -0.890. The van der Waals surface area contributed by atoms with E-state index < -0.39 is 10.0 Å². The number of nitrogens with one attached hydrogen (secondary N) is 2. The summed E-state index contributed by atoms with van der Waals surface area (Å²) >= 11 is 0. The van der Waals surface area contributed by atoms with Crippen LogP contribution in [0.3, 0.4) is 0 Å². The summed E-state index contributed by atoms with van der Waals surface area (Å²) in [6.45, 7) is 0.509. The number of aliphatic hydroxyl groups is 1. The molecule has 1 aromatic rings. The molecular weight excluding hydrogens is 268 g/mol. The molecule has 108 valence electrons. The molecule has 7 heteroatoms. The highest BCUT2D eigenvalue weighted by atomic mass is 32.2. The lowest BCUT2D eigenvalue weighted by Gasteiger charge is -2.27. The number of sulfonamides is 1. The summed E-state index contributed by atoms with van der Waals surface area (Å²) in [7, 11) is -2.19. The van der Waals surface area contributed by atoms with Gasteiger partial charge >= 0.3 is 0 Å².